The number of fused-ring (bicyclic) bond motifs is 1. The van der Waals surface area contributed by atoms with Crippen LogP contribution in [0.5, 0.6) is 0 Å². The maximum atomic E-state index is 4.61. The van der Waals surface area contributed by atoms with Crippen molar-refractivity contribution in [1.82, 2.24) is 24.7 Å². The number of para-hydroxylation sites is 1. The van der Waals surface area contributed by atoms with Gasteiger partial charge in [0, 0.05) is 12.7 Å². The van der Waals surface area contributed by atoms with E-state index < -0.39 is 0 Å². The van der Waals surface area contributed by atoms with E-state index in [1.54, 1.807) is 6.33 Å². The Hall–Kier alpha value is -3.28. The molecular weight excluding hydrogens is 324 g/mol. The van der Waals surface area contributed by atoms with Crippen molar-refractivity contribution in [3.8, 4) is 5.69 Å². The summed E-state index contributed by atoms with van der Waals surface area (Å²) in [5.74, 6) is 0.935. The summed E-state index contributed by atoms with van der Waals surface area (Å²) < 4.78 is 1.87. The van der Waals surface area contributed by atoms with Crippen LogP contribution in [0, 0.1) is 0 Å². The van der Waals surface area contributed by atoms with Crippen molar-refractivity contribution in [2.24, 2.45) is 0 Å². The summed E-state index contributed by atoms with van der Waals surface area (Å²) in [7, 11) is 0. The number of nitrogens with zero attached hydrogens (tertiary/aromatic N) is 6. The van der Waals surface area contributed by atoms with Crippen molar-refractivity contribution in [3.63, 3.8) is 0 Å². The van der Waals surface area contributed by atoms with Gasteiger partial charge in [0.2, 0.25) is 0 Å². The smallest absolute Gasteiger partial charge is 0.168 e. The average Bonchev–Trinajstić information content (AvgIpc) is 3.36. The molecule has 1 aromatic carbocycles. The van der Waals surface area contributed by atoms with Gasteiger partial charge in [0.25, 0.3) is 0 Å². The van der Waals surface area contributed by atoms with Crippen LogP contribution in [0.15, 0.2) is 67.3 Å². The van der Waals surface area contributed by atoms with Crippen molar-refractivity contribution in [3.05, 3.63) is 72.9 Å². The molecule has 6 nitrogen and oxygen atoms in total. The van der Waals surface area contributed by atoms with Crippen molar-refractivity contribution < 1.29 is 0 Å². The highest BCUT2D eigenvalue weighted by atomic mass is 15.3. The molecule has 0 saturated carbocycles. The Morgan fingerprint density at radius 2 is 1.81 bits per heavy atom. The maximum Gasteiger partial charge on any atom is 0.168 e. The second kappa shape index (κ2) is 6.22. The number of rotatable bonds is 3. The minimum atomic E-state index is 0.245. The van der Waals surface area contributed by atoms with Crippen LogP contribution >= 0.6 is 0 Å². The minimum absolute atomic E-state index is 0.245. The summed E-state index contributed by atoms with van der Waals surface area (Å²) in [4.78, 5) is 16.0. The lowest BCUT2D eigenvalue weighted by Crippen LogP contribution is -2.24. The Bertz CT molecular complexity index is 1030. The first-order chi connectivity index (χ1) is 12.9. The number of aromatic nitrogens is 5. The van der Waals surface area contributed by atoms with Gasteiger partial charge in [0.15, 0.2) is 5.65 Å². The summed E-state index contributed by atoms with van der Waals surface area (Å²) in [6, 6.07) is 16.4. The van der Waals surface area contributed by atoms with Gasteiger partial charge in [0.1, 0.15) is 12.1 Å². The van der Waals surface area contributed by atoms with Gasteiger partial charge in [0.05, 0.1) is 29.0 Å². The molecule has 6 heteroatoms. The Labute approximate surface area is 151 Å². The Kier molecular flexibility index (Phi) is 3.59. The van der Waals surface area contributed by atoms with Crippen molar-refractivity contribution >= 4 is 16.9 Å². The quantitative estimate of drug-likeness (QED) is 0.570. The molecule has 0 bridgehead atoms. The fourth-order valence-corrected chi connectivity index (χ4v) is 3.72. The largest absolute Gasteiger partial charge is 0.347 e. The molecule has 5 rings (SSSR count). The molecule has 1 atom stereocenters. The Balaban J connectivity index is 1.61. The first kappa shape index (κ1) is 15.0. The van der Waals surface area contributed by atoms with E-state index in [2.05, 4.69) is 31.0 Å². The predicted octanol–water partition coefficient (Wildman–Crippen LogP) is 3.55. The zero-order valence-corrected chi connectivity index (χ0v) is 14.2. The topological polar surface area (TPSA) is 59.7 Å². The highest BCUT2D eigenvalue weighted by molar-refractivity contribution is 5.88. The minimum Gasteiger partial charge on any atom is -0.347 e. The average molecular weight is 342 g/mol. The van der Waals surface area contributed by atoms with Crippen LogP contribution in [0.4, 0.5) is 5.82 Å². The number of hydrogen-bond acceptors (Lipinski definition) is 5. The van der Waals surface area contributed by atoms with E-state index in [9.17, 15) is 0 Å². The molecule has 0 unspecified atom stereocenters. The third-order valence-corrected chi connectivity index (χ3v) is 4.90. The molecule has 3 aromatic heterocycles. The molecule has 4 aromatic rings. The van der Waals surface area contributed by atoms with Gasteiger partial charge in [-0.1, -0.05) is 24.3 Å². The zero-order valence-electron chi connectivity index (χ0n) is 14.2. The summed E-state index contributed by atoms with van der Waals surface area (Å²) in [6.45, 7) is 0.962. The van der Waals surface area contributed by atoms with Gasteiger partial charge in [-0.3, -0.25) is 4.98 Å². The zero-order chi connectivity index (χ0) is 17.3. The molecule has 128 valence electrons. The van der Waals surface area contributed by atoms with Gasteiger partial charge in [-0.05, 0) is 37.1 Å². The van der Waals surface area contributed by atoms with Gasteiger partial charge < -0.3 is 4.90 Å². The van der Waals surface area contributed by atoms with Crippen molar-refractivity contribution in [2.45, 2.75) is 18.9 Å². The van der Waals surface area contributed by atoms with E-state index in [1.807, 2.05) is 59.5 Å². The summed E-state index contributed by atoms with van der Waals surface area (Å²) in [5.41, 5.74) is 2.91. The number of benzene rings is 1. The first-order valence-electron chi connectivity index (χ1n) is 8.83. The van der Waals surface area contributed by atoms with Crippen LogP contribution in [0.2, 0.25) is 0 Å². The molecule has 0 amide bonds. The lowest BCUT2D eigenvalue weighted by atomic mass is 10.1. The third-order valence-electron chi connectivity index (χ3n) is 4.90. The summed E-state index contributed by atoms with van der Waals surface area (Å²) in [5, 5.41) is 5.54. The molecule has 4 heterocycles. The fraction of sp³-hybridized carbons (Fsp3) is 0.200. The van der Waals surface area contributed by atoms with Gasteiger partial charge >= 0.3 is 0 Å². The number of hydrogen-bond donors (Lipinski definition) is 0. The number of anilines is 1. The number of pyridine rings is 1. The van der Waals surface area contributed by atoms with E-state index in [-0.39, 0.29) is 6.04 Å². The molecule has 0 spiro atoms. The maximum absolute atomic E-state index is 4.61. The van der Waals surface area contributed by atoms with Crippen molar-refractivity contribution in [1.29, 1.82) is 0 Å². The Morgan fingerprint density at radius 3 is 2.65 bits per heavy atom. The summed E-state index contributed by atoms with van der Waals surface area (Å²) in [6.07, 6.45) is 7.56. The van der Waals surface area contributed by atoms with Crippen LogP contribution in [-0.2, 0) is 0 Å². The normalized spacial score (nSPS) is 17.1. The van der Waals surface area contributed by atoms with Crippen LogP contribution in [0.3, 0.4) is 0 Å². The predicted molar refractivity (Wildman–Crippen MR) is 100 cm³/mol. The van der Waals surface area contributed by atoms with E-state index in [1.165, 1.54) is 0 Å². The van der Waals surface area contributed by atoms with Crippen molar-refractivity contribution in [2.75, 3.05) is 11.4 Å². The lowest BCUT2D eigenvalue weighted by Gasteiger charge is -2.25. The molecule has 1 aliphatic heterocycles. The first-order valence-corrected chi connectivity index (χ1v) is 8.83. The fourth-order valence-electron chi connectivity index (χ4n) is 3.72. The summed E-state index contributed by atoms with van der Waals surface area (Å²) >= 11 is 0. The molecular formula is C20H18N6. The standard InChI is InChI=1S/C20H18N6/c1-2-7-15(8-3-1)26-20-16(13-24-26)19(22-14-23-20)25-12-6-10-18(25)17-9-4-5-11-21-17/h1-5,7-9,11,13-14,18H,6,10,12H2/t18-/m1/s1. The SMILES string of the molecule is c1ccc(-n2ncc3c(N4CCC[C@@H]4c4ccccn4)ncnc32)cc1. The van der Waals surface area contributed by atoms with E-state index in [0.29, 0.717) is 0 Å². The highest BCUT2D eigenvalue weighted by Gasteiger charge is 2.30. The van der Waals surface area contributed by atoms with Gasteiger partial charge in [-0.15, -0.1) is 0 Å². The molecule has 26 heavy (non-hydrogen) atoms. The second-order valence-corrected chi connectivity index (χ2v) is 6.43. The van der Waals surface area contributed by atoms with Gasteiger partial charge in [-0.25, -0.2) is 14.6 Å². The third kappa shape index (κ3) is 2.42. The van der Waals surface area contributed by atoms with Crippen LogP contribution in [0.1, 0.15) is 24.6 Å². The monoisotopic (exact) mass is 342 g/mol. The lowest BCUT2D eigenvalue weighted by molar-refractivity contribution is 0.689. The molecule has 0 aliphatic carbocycles. The van der Waals surface area contributed by atoms with E-state index in [0.717, 1.165) is 47.6 Å². The molecule has 1 saturated heterocycles. The van der Waals surface area contributed by atoms with E-state index >= 15 is 0 Å². The molecule has 0 radical (unpaired) electrons. The molecule has 1 fully saturated rings. The van der Waals surface area contributed by atoms with Crippen LogP contribution in [0.25, 0.3) is 16.7 Å². The molecule has 1 aliphatic rings. The van der Waals surface area contributed by atoms with Crippen LogP contribution in [-0.4, -0.2) is 31.3 Å². The second-order valence-electron chi connectivity index (χ2n) is 6.43. The molecule has 0 N–H and O–H groups in total. The Morgan fingerprint density at radius 1 is 0.923 bits per heavy atom. The van der Waals surface area contributed by atoms with Crippen LogP contribution < -0.4 is 4.90 Å². The highest BCUT2D eigenvalue weighted by Crippen LogP contribution is 2.37. The van der Waals surface area contributed by atoms with E-state index in [4.69, 9.17) is 0 Å². The van der Waals surface area contributed by atoms with Gasteiger partial charge in [-0.2, -0.15) is 5.10 Å².